The number of hydrogen-bond acceptors (Lipinski definition) is 2. The van der Waals surface area contributed by atoms with E-state index in [1.54, 1.807) is 12.1 Å². The summed E-state index contributed by atoms with van der Waals surface area (Å²) >= 11 is 0. The topological polar surface area (TPSA) is 15.3 Å². The van der Waals surface area contributed by atoms with E-state index in [9.17, 15) is 4.39 Å². The first-order valence-electron chi connectivity index (χ1n) is 8.27. The first-order valence-corrected chi connectivity index (χ1v) is 8.27. The van der Waals surface area contributed by atoms with Crippen LogP contribution in [0.3, 0.4) is 0 Å². The van der Waals surface area contributed by atoms with Crippen molar-refractivity contribution in [1.82, 2.24) is 10.2 Å². The number of piperidine rings is 1. The van der Waals surface area contributed by atoms with E-state index < -0.39 is 0 Å². The molecular formula is C18H29FN2. The normalized spacial score (nSPS) is 18.7. The van der Waals surface area contributed by atoms with Crippen LogP contribution in [0.2, 0.25) is 0 Å². The number of halogens is 1. The number of nitrogens with one attached hydrogen (secondary N) is 1. The SMILES string of the molecule is CCNC(Cc1ccccc1F)C(C)(C)N1CCCCC1. The predicted molar refractivity (Wildman–Crippen MR) is 87.1 cm³/mol. The molecule has 2 rings (SSSR count). The van der Waals surface area contributed by atoms with E-state index >= 15 is 0 Å². The van der Waals surface area contributed by atoms with Crippen molar-refractivity contribution in [3.05, 3.63) is 35.6 Å². The lowest BCUT2D eigenvalue weighted by Crippen LogP contribution is -2.59. The van der Waals surface area contributed by atoms with E-state index in [1.807, 2.05) is 12.1 Å². The molecule has 0 radical (unpaired) electrons. The van der Waals surface area contributed by atoms with E-state index in [4.69, 9.17) is 0 Å². The molecule has 1 fully saturated rings. The second kappa shape index (κ2) is 7.37. The zero-order valence-corrected chi connectivity index (χ0v) is 13.7. The van der Waals surface area contributed by atoms with Gasteiger partial charge in [-0.1, -0.05) is 31.5 Å². The maximum absolute atomic E-state index is 14.0. The van der Waals surface area contributed by atoms with Crippen molar-refractivity contribution < 1.29 is 4.39 Å². The number of likely N-dealkylation sites (N-methyl/N-ethyl adjacent to an activating group) is 1. The van der Waals surface area contributed by atoms with Crippen molar-refractivity contribution in [2.75, 3.05) is 19.6 Å². The molecule has 0 saturated carbocycles. The minimum Gasteiger partial charge on any atom is -0.312 e. The Bertz CT molecular complexity index is 439. The van der Waals surface area contributed by atoms with Crippen molar-refractivity contribution in [3.8, 4) is 0 Å². The zero-order valence-electron chi connectivity index (χ0n) is 13.7. The highest BCUT2D eigenvalue weighted by Crippen LogP contribution is 2.26. The molecule has 2 nitrogen and oxygen atoms in total. The fraction of sp³-hybridized carbons (Fsp3) is 0.667. The second-order valence-electron chi connectivity index (χ2n) is 6.61. The minimum atomic E-state index is -0.0881. The Morgan fingerprint density at radius 2 is 1.86 bits per heavy atom. The lowest BCUT2D eigenvalue weighted by molar-refractivity contribution is 0.0613. The lowest BCUT2D eigenvalue weighted by Gasteiger charge is -2.46. The molecule has 21 heavy (non-hydrogen) atoms. The van der Waals surface area contributed by atoms with E-state index in [-0.39, 0.29) is 17.4 Å². The fourth-order valence-corrected chi connectivity index (χ4v) is 3.39. The maximum atomic E-state index is 14.0. The highest BCUT2D eigenvalue weighted by atomic mass is 19.1. The lowest BCUT2D eigenvalue weighted by atomic mass is 9.86. The summed E-state index contributed by atoms with van der Waals surface area (Å²) in [6.45, 7) is 9.95. The quantitative estimate of drug-likeness (QED) is 0.861. The van der Waals surface area contributed by atoms with Crippen molar-refractivity contribution in [3.63, 3.8) is 0 Å². The molecule has 1 atom stereocenters. The van der Waals surface area contributed by atoms with E-state index in [1.165, 1.54) is 19.3 Å². The van der Waals surface area contributed by atoms with Gasteiger partial charge in [0.2, 0.25) is 0 Å². The molecule has 1 aliphatic heterocycles. The minimum absolute atomic E-state index is 0.0404. The third-order valence-corrected chi connectivity index (χ3v) is 4.86. The Labute approximate surface area is 128 Å². The van der Waals surface area contributed by atoms with Crippen molar-refractivity contribution >= 4 is 0 Å². The van der Waals surface area contributed by atoms with Gasteiger partial charge in [-0.2, -0.15) is 0 Å². The largest absolute Gasteiger partial charge is 0.312 e. The van der Waals surface area contributed by atoms with Gasteiger partial charge in [0.1, 0.15) is 5.82 Å². The standard InChI is InChI=1S/C18H29FN2/c1-4-20-17(14-15-10-6-7-11-16(15)19)18(2,3)21-12-8-5-9-13-21/h6-7,10-11,17,20H,4-5,8-9,12-14H2,1-3H3. The summed E-state index contributed by atoms with van der Waals surface area (Å²) in [5.41, 5.74) is 0.854. The van der Waals surface area contributed by atoms with Gasteiger partial charge in [0.25, 0.3) is 0 Å². The van der Waals surface area contributed by atoms with Gasteiger partial charge in [0, 0.05) is 11.6 Å². The Hall–Kier alpha value is -0.930. The van der Waals surface area contributed by atoms with Gasteiger partial charge in [-0.25, -0.2) is 4.39 Å². The molecule has 0 bridgehead atoms. The number of benzene rings is 1. The molecule has 0 aromatic heterocycles. The summed E-state index contributed by atoms with van der Waals surface area (Å²) in [7, 11) is 0. The van der Waals surface area contributed by atoms with E-state index in [0.29, 0.717) is 0 Å². The summed E-state index contributed by atoms with van der Waals surface area (Å²) in [4.78, 5) is 2.57. The van der Waals surface area contributed by atoms with E-state index in [0.717, 1.165) is 31.6 Å². The van der Waals surface area contributed by atoms with Crippen LogP contribution in [0.1, 0.15) is 45.6 Å². The third kappa shape index (κ3) is 4.04. The first kappa shape index (κ1) is 16.4. The summed E-state index contributed by atoms with van der Waals surface area (Å²) in [6.07, 6.45) is 4.64. The van der Waals surface area contributed by atoms with Crippen LogP contribution in [0.15, 0.2) is 24.3 Å². The Kier molecular flexibility index (Phi) is 5.77. The molecule has 0 spiro atoms. The van der Waals surface area contributed by atoms with Crippen molar-refractivity contribution in [2.24, 2.45) is 0 Å². The van der Waals surface area contributed by atoms with Crippen LogP contribution in [-0.4, -0.2) is 36.1 Å². The zero-order chi connectivity index (χ0) is 15.3. The van der Waals surface area contributed by atoms with Gasteiger partial charge in [-0.05, 0) is 64.4 Å². The molecule has 0 aliphatic carbocycles. The molecule has 1 aromatic rings. The Morgan fingerprint density at radius 3 is 2.48 bits per heavy atom. The molecule has 118 valence electrons. The summed E-state index contributed by atoms with van der Waals surface area (Å²) < 4.78 is 14.0. The molecule has 1 aliphatic rings. The van der Waals surface area contributed by atoms with Crippen LogP contribution >= 0.6 is 0 Å². The van der Waals surface area contributed by atoms with Crippen molar-refractivity contribution in [1.29, 1.82) is 0 Å². The van der Waals surface area contributed by atoms with Gasteiger partial charge < -0.3 is 5.32 Å². The van der Waals surface area contributed by atoms with Gasteiger partial charge in [0.05, 0.1) is 0 Å². The van der Waals surface area contributed by atoms with Gasteiger partial charge in [0.15, 0.2) is 0 Å². The number of rotatable bonds is 6. The first-order chi connectivity index (χ1) is 10.1. The molecule has 0 amide bonds. The van der Waals surface area contributed by atoms with Crippen LogP contribution in [0, 0.1) is 5.82 Å². The average molecular weight is 292 g/mol. The Morgan fingerprint density at radius 1 is 1.19 bits per heavy atom. The number of hydrogen-bond donors (Lipinski definition) is 1. The molecule has 1 N–H and O–H groups in total. The number of likely N-dealkylation sites (tertiary alicyclic amines) is 1. The highest BCUT2D eigenvalue weighted by Gasteiger charge is 2.35. The molecule has 1 unspecified atom stereocenters. The van der Waals surface area contributed by atoms with Gasteiger partial charge >= 0.3 is 0 Å². The monoisotopic (exact) mass is 292 g/mol. The second-order valence-corrected chi connectivity index (χ2v) is 6.61. The van der Waals surface area contributed by atoms with Crippen LogP contribution < -0.4 is 5.32 Å². The Balaban J connectivity index is 2.15. The summed E-state index contributed by atoms with van der Waals surface area (Å²) in [5.74, 6) is -0.0881. The maximum Gasteiger partial charge on any atom is 0.126 e. The number of nitrogens with zero attached hydrogens (tertiary/aromatic N) is 1. The van der Waals surface area contributed by atoms with Crippen LogP contribution in [-0.2, 0) is 6.42 Å². The molecule has 1 aromatic carbocycles. The molecular weight excluding hydrogens is 263 g/mol. The predicted octanol–water partition coefficient (Wildman–Crippen LogP) is 3.61. The summed E-state index contributed by atoms with van der Waals surface area (Å²) in [5, 5.41) is 3.59. The molecule has 3 heteroatoms. The fourth-order valence-electron chi connectivity index (χ4n) is 3.39. The van der Waals surface area contributed by atoms with Gasteiger partial charge in [-0.15, -0.1) is 0 Å². The van der Waals surface area contributed by atoms with E-state index in [2.05, 4.69) is 31.0 Å². The highest BCUT2D eigenvalue weighted by molar-refractivity contribution is 5.19. The van der Waals surface area contributed by atoms with Crippen LogP contribution in [0.5, 0.6) is 0 Å². The smallest absolute Gasteiger partial charge is 0.126 e. The third-order valence-electron chi connectivity index (χ3n) is 4.86. The van der Waals surface area contributed by atoms with Crippen LogP contribution in [0.25, 0.3) is 0 Å². The van der Waals surface area contributed by atoms with Crippen molar-refractivity contribution in [2.45, 2.75) is 58.0 Å². The molecule has 1 heterocycles. The van der Waals surface area contributed by atoms with Crippen LogP contribution in [0.4, 0.5) is 4.39 Å². The van der Waals surface area contributed by atoms with Gasteiger partial charge in [-0.3, -0.25) is 4.90 Å². The average Bonchev–Trinajstić information content (AvgIpc) is 2.50. The summed E-state index contributed by atoms with van der Waals surface area (Å²) in [6, 6.07) is 7.42. The molecule has 1 saturated heterocycles.